The molecule has 1 saturated heterocycles. The molecular weight excluding hydrogens is 228 g/mol. The highest BCUT2D eigenvalue weighted by Crippen LogP contribution is 2.25. The highest BCUT2D eigenvalue weighted by atomic mass is 35.5. The number of anilines is 1. The molecule has 1 amide bonds. The van der Waals surface area contributed by atoms with Gasteiger partial charge in [-0.05, 0) is 18.2 Å². The maximum atomic E-state index is 11.5. The van der Waals surface area contributed by atoms with Gasteiger partial charge in [0.1, 0.15) is 5.54 Å². The van der Waals surface area contributed by atoms with Crippen LogP contribution in [0.1, 0.15) is 6.42 Å². The van der Waals surface area contributed by atoms with E-state index in [1.54, 1.807) is 12.1 Å². The lowest BCUT2D eigenvalue weighted by molar-refractivity contribution is -0.122. The molecule has 0 spiro atoms. The molecule has 0 bridgehead atoms. The Labute approximate surface area is 98.7 Å². The molecule has 5 heteroatoms. The van der Waals surface area contributed by atoms with Crippen LogP contribution in [0.5, 0.6) is 0 Å². The van der Waals surface area contributed by atoms with Crippen LogP contribution in [0.2, 0.25) is 5.02 Å². The van der Waals surface area contributed by atoms with Crippen LogP contribution in [0.15, 0.2) is 24.3 Å². The van der Waals surface area contributed by atoms with E-state index >= 15 is 0 Å². The Morgan fingerprint density at radius 2 is 2.38 bits per heavy atom. The first-order valence-electron chi connectivity index (χ1n) is 5.04. The lowest BCUT2D eigenvalue weighted by Gasteiger charge is -2.26. The van der Waals surface area contributed by atoms with Crippen molar-refractivity contribution in [3.05, 3.63) is 29.3 Å². The molecule has 1 aromatic rings. The third kappa shape index (κ3) is 2.13. The molecule has 2 rings (SSSR count). The van der Waals surface area contributed by atoms with Gasteiger partial charge in [0.25, 0.3) is 0 Å². The fraction of sp³-hybridized carbons (Fsp3) is 0.364. The van der Waals surface area contributed by atoms with Gasteiger partial charge in [0.2, 0.25) is 5.91 Å². The van der Waals surface area contributed by atoms with Crippen molar-refractivity contribution in [1.29, 1.82) is 0 Å². The van der Waals surface area contributed by atoms with Crippen LogP contribution < -0.4 is 11.1 Å². The third-order valence-electron chi connectivity index (χ3n) is 2.70. The molecule has 16 heavy (non-hydrogen) atoms. The van der Waals surface area contributed by atoms with Gasteiger partial charge in [0, 0.05) is 23.7 Å². The van der Waals surface area contributed by atoms with Crippen molar-refractivity contribution in [2.75, 3.05) is 18.5 Å². The summed E-state index contributed by atoms with van der Waals surface area (Å²) >= 11 is 5.87. The number of nitrogens with two attached hydrogens (primary N) is 1. The zero-order valence-electron chi connectivity index (χ0n) is 8.70. The minimum Gasteiger partial charge on any atom is -0.378 e. The average molecular weight is 241 g/mol. The highest BCUT2D eigenvalue weighted by Gasteiger charge is 2.40. The lowest BCUT2D eigenvalue weighted by atomic mass is 9.97. The Kier molecular flexibility index (Phi) is 3.03. The molecule has 1 aliphatic heterocycles. The number of nitrogens with one attached hydrogen (secondary N) is 1. The number of benzene rings is 1. The molecule has 1 fully saturated rings. The zero-order chi connectivity index (χ0) is 11.6. The van der Waals surface area contributed by atoms with E-state index in [9.17, 15) is 4.79 Å². The average Bonchev–Trinajstić information content (AvgIpc) is 2.67. The Balaban J connectivity index is 2.21. The molecule has 0 aliphatic carbocycles. The van der Waals surface area contributed by atoms with E-state index in [0.29, 0.717) is 24.7 Å². The second-order valence-corrected chi connectivity index (χ2v) is 4.32. The standard InChI is InChI=1S/C11H13ClN2O2/c12-8-2-1-3-9(6-8)14-11(10(13)15)4-5-16-7-11/h1-3,6,14H,4-5,7H2,(H2,13,15). The molecular formula is C11H13ClN2O2. The third-order valence-corrected chi connectivity index (χ3v) is 2.94. The van der Waals surface area contributed by atoms with Gasteiger partial charge >= 0.3 is 0 Å². The highest BCUT2D eigenvalue weighted by molar-refractivity contribution is 6.30. The number of amides is 1. The fourth-order valence-corrected chi connectivity index (χ4v) is 1.95. The van der Waals surface area contributed by atoms with E-state index in [0.717, 1.165) is 5.69 Å². The predicted octanol–water partition coefficient (Wildman–Crippen LogP) is 1.40. The minimum atomic E-state index is -0.801. The first-order chi connectivity index (χ1) is 7.62. The summed E-state index contributed by atoms with van der Waals surface area (Å²) in [4.78, 5) is 11.5. The number of halogens is 1. The van der Waals surface area contributed by atoms with E-state index in [1.807, 2.05) is 12.1 Å². The molecule has 3 N–H and O–H groups in total. The van der Waals surface area contributed by atoms with Crippen LogP contribution in [0, 0.1) is 0 Å². The van der Waals surface area contributed by atoms with Crippen molar-refractivity contribution in [2.24, 2.45) is 5.73 Å². The molecule has 0 aromatic heterocycles. The topological polar surface area (TPSA) is 64.4 Å². The molecule has 0 saturated carbocycles. The molecule has 1 aromatic carbocycles. The molecule has 1 unspecified atom stereocenters. The van der Waals surface area contributed by atoms with Gasteiger partial charge in [-0.25, -0.2) is 0 Å². The number of rotatable bonds is 3. The SMILES string of the molecule is NC(=O)C1(Nc2cccc(Cl)c2)CCOC1. The molecule has 86 valence electrons. The molecule has 1 heterocycles. The van der Waals surface area contributed by atoms with Crippen LogP contribution in [0.3, 0.4) is 0 Å². The van der Waals surface area contributed by atoms with E-state index in [4.69, 9.17) is 22.1 Å². The Hall–Kier alpha value is -1.26. The summed E-state index contributed by atoms with van der Waals surface area (Å²) in [6.07, 6.45) is 0.578. The summed E-state index contributed by atoms with van der Waals surface area (Å²) in [6, 6.07) is 7.18. The number of ether oxygens (including phenoxy) is 1. The van der Waals surface area contributed by atoms with Gasteiger partial charge in [0.05, 0.1) is 6.61 Å². The van der Waals surface area contributed by atoms with E-state index in [2.05, 4.69) is 5.32 Å². The maximum Gasteiger partial charge on any atom is 0.245 e. The van der Waals surface area contributed by atoms with Crippen molar-refractivity contribution < 1.29 is 9.53 Å². The maximum absolute atomic E-state index is 11.5. The van der Waals surface area contributed by atoms with Crippen LogP contribution in [0.4, 0.5) is 5.69 Å². The normalized spacial score (nSPS) is 24.3. The zero-order valence-corrected chi connectivity index (χ0v) is 9.46. The van der Waals surface area contributed by atoms with Gasteiger partial charge < -0.3 is 15.8 Å². The number of carbonyl (C=O) groups excluding carboxylic acids is 1. The summed E-state index contributed by atoms with van der Waals surface area (Å²) in [5, 5.41) is 3.73. The largest absolute Gasteiger partial charge is 0.378 e. The number of primary amides is 1. The lowest BCUT2D eigenvalue weighted by Crippen LogP contribution is -2.51. The fourth-order valence-electron chi connectivity index (χ4n) is 1.76. The quantitative estimate of drug-likeness (QED) is 0.839. The first-order valence-corrected chi connectivity index (χ1v) is 5.42. The number of hydrogen-bond acceptors (Lipinski definition) is 3. The summed E-state index contributed by atoms with van der Waals surface area (Å²) in [5.74, 6) is -0.398. The predicted molar refractivity (Wildman–Crippen MR) is 62.4 cm³/mol. The molecule has 4 nitrogen and oxygen atoms in total. The van der Waals surface area contributed by atoms with Crippen LogP contribution in [0.25, 0.3) is 0 Å². The van der Waals surface area contributed by atoms with Crippen LogP contribution in [-0.4, -0.2) is 24.7 Å². The van der Waals surface area contributed by atoms with Crippen molar-refractivity contribution in [2.45, 2.75) is 12.0 Å². The van der Waals surface area contributed by atoms with Gasteiger partial charge in [-0.15, -0.1) is 0 Å². The van der Waals surface area contributed by atoms with E-state index in [1.165, 1.54) is 0 Å². The van der Waals surface area contributed by atoms with Crippen LogP contribution in [-0.2, 0) is 9.53 Å². The van der Waals surface area contributed by atoms with Gasteiger partial charge in [-0.1, -0.05) is 17.7 Å². The molecule has 0 radical (unpaired) electrons. The van der Waals surface area contributed by atoms with Crippen molar-refractivity contribution in [3.8, 4) is 0 Å². The summed E-state index contributed by atoms with van der Waals surface area (Å²) in [5.41, 5.74) is 5.38. The molecule has 1 atom stereocenters. The minimum absolute atomic E-state index is 0.300. The summed E-state index contributed by atoms with van der Waals surface area (Å²) in [7, 11) is 0. The van der Waals surface area contributed by atoms with Gasteiger partial charge in [0.15, 0.2) is 0 Å². The second kappa shape index (κ2) is 4.31. The smallest absolute Gasteiger partial charge is 0.245 e. The van der Waals surface area contributed by atoms with Gasteiger partial charge in [-0.2, -0.15) is 0 Å². The van der Waals surface area contributed by atoms with Crippen molar-refractivity contribution in [3.63, 3.8) is 0 Å². The summed E-state index contributed by atoms with van der Waals surface area (Å²) in [6.45, 7) is 0.839. The monoisotopic (exact) mass is 240 g/mol. The van der Waals surface area contributed by atoms with Gasteiger partial charge in [-0.3, -0.25) is 4.79 Å². The summed E-state index contributed by atoms with van der Waals surface area (Å²) < 4.78 is 5.23. The Bertz CT molecular complexity index is 403. The first kappa shape index (κ1) is 11.2. The second-order valence-electron chi connectivity index (χ2n) is 3.88. The number of hydrogen-bond donors (Lipinski definition) is 2. The van der Waals surface area contributed by atoms with Crippen LogP contribution >= 0.6 is 11.6 Å². The number of carbonyl (C=O) groups is 1. The van der Waals surface area contributed by atoms with E-state index < -0.39 is 11.4 Å². The Morgan fingerprint density at radius 3 is 2.94 bits per heavy atom. The van der Waals surface area contributed by atoms with E-state index in [-0.39, 0.29) is 0 Å². The Morgan fingerprint density at radius 1 is 1.56 bits per heavy atom. The van der Waals surface area contributed by atoms with Crippen molar-refractivity contribution >= 4 is 23.2 Å². The molecule has 1 aliphatic rings. The van der Waals surface area contributed by atoms with Crippen molar-refractivity contribution in [1.82, 2.24) is 0 Å².